The fraction of sp³-hybridized carbons (Fsp3) is 0.174. The highest BCUT2D eigenvalue weighted by atomic mass is 16.7. The maximum Gasteiger partial charge on any atom is 0.246 e. The predicted molar refractivity (Wildman–Crippen MR) is 110 cm³/mol. The number of hydrogen-bond donors (Lipinski definition) is 2. The van der Waals surface area contributed by atoms with Crippen LogP contribution in [0.5, 0.6) is 17.2 Å². The number of hydrogen-bond acceptors (Lipinski definition) is 5. The molecule has 1 aliphatic rings. The van der Waals surface area contributed by atoms with Crippen molar-refractivity contribution >= 4 is 11.6 Å². The van der Waals surface area contributed by atoms with Crippen molar-refractivity contribution < 1.29 is 19.0 Å². The van der Waals surface area contributed by atoms with Gasteiger partial charge in [-0.1, -0.05) is 42.5 Å². The Labute approximate surface area is 169 Å². The molecule has 1 heterocycles. The molecule has 6 heteroatoms. The van der Waals surface area contributed by atoms with E-state index in [1.54, 1.807) is 13.2 Å². The van der Waals surface area contributed by atoms with Gasteiger partial charge in [-0.15, -0.1) is 0 Å². The van der Waals surface area contributed by atoms with Gasteiger partial charge in [0.15, 0.2) is 11.5 Å². The Bertz CT molecular complexity index is 991. The predicted octanol–water partition coefficient (Wildman–Crippen LogP) is 3.89. The molecule has 0 bridgehead atoms. The summed E-state index contributed by atoms with van der Waals surface area (Å²) in [4.78, 5) is 13.1. The third-order valence-corrected chi connectivity index (χ3v) is 4.68. The van der Waals surface area contributed by atoms with Gasteiger partial charge in [0.05, 0.1) is 7.11 Å². The molecule has 0 radical (unpaired) electrons. The Morgan fingerprint density at radius 2 is 1.83 bits per heavy atom. The molecule has 3 aromatic carbocycles. The van der Waals surface area contributed by atoms with E-state index in [2.05, 4.69) is 10.6 Å². The topological polar surface area (TPSA) is 68.8 Å². The molecule has 1 atom stereocenters. The van der Waals surface area contributed by atoms with E-state index in [1.807, 2.05) is 66.7 Å². The lowest BCUT2D eigenvalue weighted by Crippen LogP contribution is -2.32. The lowest BCUT2D eigenvalue weighted by molar-refractivity contribution is -0.118. The van der Waals surface area contributed by atoms with Gasteiger partial charge in [0, 0.05) is 18.3 Å². The van der Waals surface area contributed by atoms with Crippen LogP contribution in [0.4, 0.5) is 5.69 Å². The Balaban J connectivity index is 1.51. The summed E-state index contributed by atoms with van der Waals surface area (Å²) in [6.45, 7) is 0.740. The highest BCUT2D eigenvalue weighted by Gasteiger charge is 2.21. The Kier molecular flexibility index (Phi) is 5.63. The zero-order valence-electron chi connectivity index (χ0n) is 16.1. The zero-order valence-corrected chi connectivity index (χ0v) is 16.1. The maximum absolute atomic E-state index is 13.1. The van der Waals surface area contributed by atoms with Gasteiger partial charge in [-0.05, 0) is 35.4 Å². The van der Waals surface area contributed by atoms with Crippen LogP contribution in [0.3, 0.4) is 0 Å². The first-order chi connectivity index (χ1) is 14.2. The number of benzene rings is 3. The van der Waals surface area contributed by atoms with E-state index in [1.165, 1.54) is 0 Å². The minimum absolute atomic E-state index is 0.148. The highest BCUT2D eigenvalue weighted by Crippen LogP contribution is 2.32. The van der Waals surface area contributed by atoms with Crippen molar-refractivity contribution in [3.63, 3.8) is 0 Å². The van der Waals surface area contributed by atoms with E-state index in [0.717, 1.165) is 22.6 Å². The molecule has 1 amide bonds. The molecule has 1 aliphatic heterocycles. The van der Waals surface area contributed by atoms with Crippen LogP contribution in [-0.4, -0.2) is 19.8 Å². The minimum atomic E-state index is -0.521. The van der Waals surface area contributed by atoms with E-state index >= 15 is 0 Å². The van der Waals surface area contributed by atoms with Gasteiger partial charge in [-0.3, -0.25) is 10.1 Å². The van der Waals surface area contributed by atoms with Crippen molar-refractivity contribution in [2.75, 3.05) is 19.2 Å². The van der Waals surface area contributed by atoms with E-state index < -0.39 is 6.04 Å². The van der Waals surface area contributed by atoms with Gasteiger partial charge >= 0.3 is 0 Å². The van der Waals surface area contributed by atoms with Gasteiger partial charge in [-0.25, -0.2) is 0 Å². The maximum atomic E-state index is 13.1. The summed E-state index contributed by atoms with van der Waals surface area (Å²) < 4.78 is 16.0. The molecule has 3 aromatic rings. The summed E-state index contributed by atoms with van der Waals surface area (Å²) in [7, 11) is 1.60. The second-order valence-electron chi connectivity index (χ2n) is 6.63. The van der Waals surface area contributed by atoms with Gasteiger partial charge in [0.1, 0.15) is 11.8 Å². The SMILES string of the molecule is COc1cccc(NC(=O)C(NCc2ccc3c(c2)OCO3)c2ccccc2)c1. The van der Waals surface area contributed by atoms with Gasteiger partial charge < -0.3 is 19.5 Å². The molecule has 0 saturated heterocycles. The number of ether oxygens (including phenoxy) is 3. The van der Waals surface area contributed by atoms with E-state index in [-0.39, 0.29) is 12.7 Å². The molecule has 0 fully saturated rings. The summed E-state index contributed by atoms with van der Waals surface area (Å²) in [6.07, 6.45) is 0. The van der Waals surface area contributed by atoms with Crippen LogP contribution < -0.4 is 24.8 Å². The average Bonchev–Trinajstić information content (AvgIpc) is 3.23. The van der Waals surface area contributed by atoms with Crippen LogP contribution in [0, 0.1) is 0 Å². The Morgan fingerprint density at radius 1 is 1.00 bits per heavy atom. The Hall–Kier alpha value is -3.51. The Morgan fingerprint density at radius 3 is 2.66 bits per heavy atom. The lowest BCUT2D eigenvalue weighted by Gasteiger charge is -2.19. The molecule has 0 aliphatic carbocycles. The number of carbonyl (C=O) groups is 1. The number of rotatable bonds is 7. The molecule has 0 saturated carbocycles. The van der Waals surface area contributed by atoms with Crippen LogP contribution in [0.25, 0.3) is 0 Å². The third kappa shape index (κ3) is 4.50. The number of fused-ring (bicyclic) bond motifs is 1. The normalized spacial score (nSPS) is 13.0. The van der Waals surface area contributed by atoms with Crippen LogP contribution in [0.15, 0.2) is 72.8 Å². The van der Waals surface area contributed by atoms with Crippen LogP contribution >= 0.6 is 0 Å². The van der Waals surface area contributed by atoms with Crippen LogP contribution in [0.1, 0.15) is 17.2 Å². The molecular weight excluding hydrogens is 368 g/mol. The molecule has 148 valence electrons. The summed E-state index contributed by atoms with van der Waals surface area (Å²) in [5.74, 6) is 2.00. The van der Waals surface area contributed by atoms with Crippen molar-refractivity contribution in [1.29, 1.82) is 0 Å². The first-order valence-corrected chi connectivity index (χ1v) is 9.35. The first kappa shape index (κ1) is 18.8. The quantitative estimate of drug-likeness (QED) is 0.641. The number of amides is 1. The average molecular weight is 390 g/mol. The number of nitrogens with one attached hydrogen (secondary N) is 2. The standard InChI is InChI=1S/C23H22N2O4/c1-27-19-9-5-8-18(13-19)25-23(26)22(17-6-3-2-4-7-17)24-14-16-10-11-20-21(12-16)29-15-28-20/h2-13,22,24H,14-15H2,1H3,(H,25,26). The largest absolute Gasteiger partial charge is 0.497 e. The van der Waals surface area contributed by atoms with Crippen molar-refractivity contribution in [1.82, 2.24) is 5.32 Å². The van der Waals surface area contributed by atoms with E-state index in [4.69, 9.17) is 14.2 Å². The monoisotopic (exact) mass is 390 g/mol. The number of anilines is 1. The minimum Gasteiger partial charge on any atom is -0.497 e. The van der Waals surface area contributed by atoms with Crippen molar-refractivity contribution in [2.24, 2.45) is 0 Å². The fourth-order valence-corrected chi connectivity index (χ4v) is 3.19. The smallest absolute Gasteiger partial charge is 0.246 e. The molecule has 2 N–H and O–H groups in total. The molecule has 0 aromatic heterocycles. The van der Waals surface area contributed by atoms with E-state index in [0.29, 0.717) is 18.0 Å². The van der Waals surface area contributed by atoms with Crippen LogP contribution in [0.2, 0.25) is 0 Å². The van der Waals surface area contributed by atoms with E-state index in [9.17, 15) is 4.79 Å². The second kappa shape index (κ2) is 8.67. The number of carbonyl (C=O) groups excluding carboxylic acids is 1. The third-order valence-electron chi connectivity index (χ3n) is 4.68. The van der Waals surface area contributed by atoms with Crippen molar-refractivity contribution in [2.45, 2.75) is 12.6 Å². The molecule has 0 spiro atoms. The summed E-state index contributed by atoms with van der Waals surface area (Å²) >= 11 is 0. The van der Waals surface area contributed by atoms with Gasteiger partial charge in [0.25, 0.3) is 0 Å². The summed E-state index contributed by atoms with van der Waals surface area (Å²) in [5, 5.41) is 6.32. The molecule has 1 unspecified atom stereocenters. The van der Waals surface area contributed by atoms with Crippen molar-refractivity contribution in [3.8, 4) is 17.2 Å². The fourth-order valence-electron chi connectivity index (χ4n) is 3.19. The van der Waals surface area contributed by atoms with Gasteiger partial charge in [-0.2, -0.15) is 0 Å². The molecular formula is C23H22N2O4. The molecule has 29 heavy (non-hydrogen) atoms. The lowest BCUT2D eigenvalue weighted by atomic mass is 10.1. The molecule has 4 rings (SSSR count). The summed E-state index contributed by atoms with van der Waals surface area (Å²) in [6, 6.07) is 22.2. The zero-order chi connectivity index (χ0) is 20.1. The summed E-state index contributed by atoms with van der Waals surface area (Å²) in [5.41, 5.74) is 2.57. The second-order valence-corrected chi connectivity index (χ2v) is 6.63. The van der Waals surface area contributed by atoms with Crippen molar-refractivity contribution in [3.05, 3.63) is 83.9 Å². The van der Waals surface area contributed by atoms with Crippen LogP contribution in [-0.2, 0) is 11.3 Å². The van der Waals surface area contributed by atoms with Gasteiger partial charge in [0.2, 0.25) is 12.7 Å². The highest BCUT2D eigenvalue weighted by molar-refractivity contribution is 5.95. The number of methoxy groups -OCH3 is 1. The first-order valence-electron chi connectivity index (χ1n) is 9.35. The molecule has 6 nitrogen and oxygen atoms in total.